The third-order valence-electron chi connectivity index (χ3n) is 4.88. The van der Waals surface area contributed by atoms with Crippen LogP contribution in [0.1, 0.15) is 28.8 Å². The second-order valence-electron chi connectivity index (χ2n) is 7.18. The van der Waals surface area contributed by atoms with Gasteiger partial charge in [-0.05, 0) is 79.6 Å². The first-order valence-electron chi connectivity index (χ1n) is 9.60. The van der Waals surface area contributed by atoms with Gasteiger partial charge in [-0.25, -0.2) is 8.42 Å². The van der Waals surface area contributed by atoms with Gasteiger partial charge < -0.3 is 5.32 Å². The Labute approximate surface area is 185 Å². The number of hydrogen-bond donors (Lipinski definition) is 1. The number of hydrogen-bond acceptors (Lipinski definition) is 4. The molecule has 0 unspecified atom stereocenters. The number of nitrogens with one attached hydrogen (secondary N) is 1. The van der Waals surface area contributed by atoms with E-state index in [-0.39, 0.29) is 16.5 Å². The van der Waals surface area contributed by atoms with Crippen LogP contribution in [0.25, 0.3) is 0 Å². The SMILES string of the molecule is N#Cc1ccc(NC(=O)c2cccc(S(=O)(=O)N(c3ccc(Cl)cc3)C3CC3)c2)cc1. The molecule has 0 spiro atoms. The zero-order valence-electron chi connectivity index (χ0n) is 16.3. The Morgan fingerprint density at radius 3 is 2.32 bits per heavy atom. The van der Waals surface area contributed by atoms with Crippen LogP contribution in [0, 0.1) is 11.3 Å². The number of nitrogens with zero attached hydrogens (tertiary/aromatic N) is 2. The number of halogens is 1. The van der Waals surface area contributed by atoms with Gasteiger partial charge in [0.05, 0.1) is 22.2 Å². The fraction of sp³-hybridized carbons (Fsp3) is 0.130. The molecule has 1 amide bonds. The van der Waals surface area contributed by atoms with Crippen molar-refractivity contribution in [1.29, 1.82) is 5.26 Å². The van der Waals surface area contributed by atoms with E-state index in [1.54, 1.807) is 60.7 Å². The summed E-state index contributed by atoms with van der Waals surface area (Å²) in [5, 5.41) is 12.1. The predicted octanol–water partition coefficient (Wildman–Crippen LogP) is 4.82. The van der Waals surface area contributed by atoms with Crippen molar-refractivity contribution >= 4 is 38.9 Å². The third kappa shape index (κ3) is 4.55. The smallest absolute Gasteiger partial charge is 0.264 e. The summed E-state index contributed by atoms with van der Waals surface area (Å²) in [6, 6.07) is 21.0. The second kappa shape index (κ2) is 8.42. The highest BCUT2D eigenvalue weighted by Gasteiger charge is 2.38. The molecule has 1 saturated carbocycles. The normalized spacial score (nSPS) is 13.3. The Morgan fingerprint density at radius 1 is 1.03 bits per heavy atom. The largest absolute Gasteiger partial charge is 0.322 e. The van der Waals surface area contributed by atoms with Crippen LogP contribution in [0.5, 0.6) is 0 Å². The van der Waals surface area contributed by atoms with Gasteiger partial charge in [-0.15, -0.1) is 0 Å². The number of carbonyl (C=O) groups is 1. The molecule has 0 aromatic heterocycles. The molecule has 1 fully saturated rings. The van der Waals surface area contributed by atoms with E-state index in [9.17, 15) is 13.2 Å². The van der Waals surface area contributed by atoms with Gasteiger partial charge in [-0.1, -0.05) is 17.7 Å². The van der Waals surface area contributed by atoms with Crippen molar-refractivity contribution in [2.24, 2.45) is 0 Å². The average Bonchev–Trinajstić information content (AvgIpc) is 3.61. The van der Waals surface area contributed by atoms with Crippen LogP contribution in [-0.4, -0.2) is 20.4 Å². The van der Waals surface area contributed by atoms with E-state index in [0.717, 1.165) is 12.8 Å². The minimum atomic E-state index is -3.87. The van der Waals surface area contributed by atoms with Crippen LogP contribution in [0.2, 0.25) is 5.02 Å². The van der Waals surface area contributed by atoms with E-state index < -0.39 is 15.9 Å². The lowest BCUT2D eigenvalue weighted by atomic mass is 10.2. The third-order valence-corrected chi connectivity index (χ3v) is 7.01. The fourth-order valence-electron chi connectivity index (χ4n) is 3.19. The van der Waals surface area contributed by atoms with Gasteiger partial charge in [0.2, 0.25) is 0 Å². The first kappa shape index (κ1) is 20.9. The molecule has 4 rings (SSSR count). The maximum absolute atomic E-state index is 13.4. The maximum Gasteiger partial charge on any atom is 0.264 e. The van der Waals surface area contributed by atoms with Crippen molar-refractivity contribution in [2.75, 3.05) is 9.62 Å². The van der Waals surface area contributed by atoms with Crippen molar-refractivity contribution in [3.8, 4) is 6.07 Å². The Kier molecular flexibility index (Phi) is 5.68. The highest BCUT2D eigenvalue weighted by Crippen LogP contribution is 2.37. The molecule has 156 valence electrons. The Hall–Kier alpha value is -3.34. The van der Waals surface area contributed by atoms with Crippen LogP contribution in [0.3, 0.4) is 0 Å². The lowest BCUT2D eigenvalue weighted by Gasteiger charge is -2.24. The highest BCUT2D eigenvalue weighted by atomic mass is 35.5. The number of carbonyl (C=O) groups excluding carboxylic acids is 1. The number of nitriles is 1. The van der Waals surface area contributed by atoms with E-state index in [0.29, 0.717) is 22.0 Å². The molecule has 0 saturated heterocycles. The van der Waals surface area contributed by atoms with Crippen LogP contribution in [-0.2, 0) is 10.0 Å². The van der Waals surface area contributed by atoms with Gasteiger partial charge in [0, 0.05) is 22.3 Å². The predicted molar refractivity (Wildman–Crippen MR) is 120 cm³/mol. The molecule has 3 aromatic carbocycles. The fourth-order valence-corrected chi connectivity index (χ4v) is 5.07. The van der Waals surface area contributed by atoms with E-state index in [2.05, 4.69) is 5.32 Å². The quantitative estimate of drug-likeness (QED) is 0.581. The first-order chi connectivity index (χ1) is 14.9. The molecule has 0 aliphatic heterocycles. The molecule has 1 aliphatic carbocycles. The summed E-state index contributed by atoms with van der Waals surface area (Å²) in [5.74, 6) is -0.439. The van der Waals surface area contributed by atoms with Crippen molar-refractivity contribution in [1.82, 2.24) is 0 Å². The van der Waals surface area contributed by atoms with Crippen molar-refractivity contribution in [3.63, 3.8) is 0 Å². The topological polar surface area (TPSA) is 90.3 Å². The molecule has 6 nitrogen and oxygen atoms in total. The molecule has 0 radical (unpaired) electrons. The lowest BCUT2D eigenvalue weighted by Crippen LogP contribution is -2.33. The van der Waals surface area contributed by atoms with Crippen LogP contribution in [0.15, 0.2) is 77.7 Å². The zero-order valence-corrected chi connectivity index (χ0v) is 17.9. The molecule has 1 aliphatic rings. The molecule has 0 heterocycles. The van der Waals surface area contributed by atoms with Crippen molar-refractivity contribution in [3.05, 3.63) is 88.9 Å². The molecule has 3 aromatic rings. The maximum atomic E-state index is 13.4. The monoisotopic (exact) mass is 451 g/mol. The molecular weight excluding hydrogens is 434 g/mol. The first-order valence-corrected chi connectivity index (χ1v) is 11.4. The van der Waals surface area contributed by atoms with Crippen LogP contribution < -0.4 is 9.62 Å². The Morgan fingerprint density at radius 2 is 1.71 bits per heavy atom. The van der Waals surface area contributed by atoms with Crippen molar-refractivity contribution < 1.29 is 13.2 Å². The lowest BCUT2D eigenvalue weighted by molar-refractivity contribution is 0.102. The number of benzene rings is 3. The van der Waals surface area contributed by atoms with Crippen LogP contribution in [0.4, 0.5) is 11.4 Å². The Balaban J connectivity index is 1.62. The second-order valence-corrected chi connectivity index (χ2v) is 9.43. The summed E-state index contributed by atoms with van der Waals surface area (Å²) < 4.78 is 28.3. The number of sulfonamides is 1. The molecule has 8 heteroatoms. The van der Waals surface area contributed by atoms with Crippen molar-refractivity contribution in [2.45, 2.75) is 23.8 Å². The van der Waals surface area contributed by atoms with Gasteiger partial charge in [-0.3, -0.25) is 9.10 Å². The van der Waals surface area contributed by atoms with Crippen LogP contribution >= 0.6 is 11.6 Å². The highest BCUT2D eigenvalue weighted by molar-refractivity contribution is 7.92. The molecule has 31 heavy (non-hydrogen) atoms. The minimum absolute atomic E-state index is 0.0434. The summed E-state index contributed by atoms with van der Waals surface area (Å²) in [6.07, 6.45) is 1.56. The van der Waals surface area contributed by atoms with Gasteiger partial charge in [-0.2, -0.15) is 5.26 Å². The zero-order chi connectivity index (χ0) is 22.0. The minimum Gasteiger partial charge on any atom is -0.322 e. The standard InChI is InChI=1S/C23H18ClN3O3S/c24-18-6-10-20(11-7-18)27(21-12-13-21)31(29,30)22-3-1-2-17(14-22)23(28)26-19-8-4-16(15-25)5-9-19/h1-11,14,21H,12-13H2,(H,26,28). The summed E-state index contributed by atoms with van der Waals surface area (Å²) in [7, 11) is -3.87. The van der Waals surface area contributed by atoms with Gasteiger partial charge >= 0.3 is 0 Å². The molecular formula is C23H18ClN3O3S. The van der Waals surface area contributed by atoms with E-state index in [1.165, 1.54) is 16.4 Å². The summed E-state index contributed by atoms with van der Waals surface area (Å²) in [5.41, 5.74) is 1.75. The number of amides is 1. The molecule has 0 bridgehead atoms. The summed E-state index contributed by atoms with van der Waals surface area (Å²) in [4.78, 5) is 12.7. The van der Waals surface area contributed by atoms with Gasteiger partial charge in [0.1, 0.15) is 0 Å². The summed E-state index contributed by atoms with van der Waals surface area (Å²) in [6.45, 7) is 0. The summed E-state index contributed by atoms with van der Waals surface area (Å²) >= 11 is 5.95. The average molecular weight is 452 g/mol. The number of anilines is 2. The van der Waals surface area contributed by atoms with E-state index in [1.807, 2.05) is 6.07 Å². The van der Waals surface area contributed by atoms with E-state index in [4.69, 9.17) is 16.9 Å². The van der Waals surface area contributed by atoms with Gasteiger partial charge in [0.15, 0.2) is 0 Å². The molecule has 1 N–H and O–H groups in total. The Bertz CT molecular complexity index is 1260. The van der Waals surface area contributed by atoms with Gasteiger partial charge in [0.25, 0.3) is 15.9 Å². The molecule has 0 atom stereocenters. The van der Waals surface area contributed by atoms with E-state index >= 15 is 0 Å². The number of rotatable bonds is 6.